The fourth-order valence-electron chi connectivity index (χ4n) is 3.49. The van der Waals surface area contributed by atoms with Gasteiger partial charge in [-0.05, 0) is 19.9 Å². The molecule has 0 radical (unpaired) electrons. The third kappa shape index (κ3) is 3.70. The largest absolute Gasteiger partial charge is 0.496 e. The molecular weight excluding hydrogens is 382 g/mol. The summed E-state index contributed by atoms with van der Waals surface area (Å²) < 4.78 is 40.3. The molecular formula is C20H23NO6S. The summed E-state index contributed by atoms with van der Waals surface area (Å²) in [6.45, 7) is 4.06. The van der Waals surface area contributed by atoms with Crippen LogP contribution in [0, 0.1) is 6.92 Å². The topological polar surface area (TPSA) is 83.8 Å². The van der Waals surface area contributed by atoms with Crippen molar-refractivity contribution in [1.82, 2.24) is 4.57 Å². The average Bonchev–Trinajstić information content (AvgIpc) is 2.92. The number of ether oxygens (including phenoxy) is 2. The zero-order valence-corrected chi connectivity index (χ0v) is 17.1. The van der Waals surface area contributed by atoms with Crippen LogP contribution in [-0.2, 0) is 25.6 Å². The van der Waals surface area contributed by atoms with Crippen molar-refractivity contribution in [3.05, 3.63) is 41.6 Å². The van der Waals surface area contributed by atoms with Gasteiger partial charge in [-0.25, -0.2) is 4.79 Å². The van der Waals surface area contributed by atoms with E-state index in [0.717, 1.165) is 22.5 Å². The Morgan fingerprint density at radius 2 is 1.82 bits per heavy atom. The highest BCUT2D eigenvalue weighted by atomic mass is 32.2. The van der Waals surface area contributed by atoms with E-state index in [0.29, 0.717) is 22.4 Å². The molecule has 3 aromatic rings. The van der Waals surface area contributed by atoms with Gasteiger partial charge in [0.25, 0.3) is 10.1 Å². The normalized spacial score (nSPS) is 11.9. The number of hydrogen-bond donors (Lipinski definition) is 0. The number of aromatic nitrogens is 1. The van der Waals surface area contributed by atoms with Crippen LogP contribution in [-0.4, -0.2) is 45.5 Å². The quantitative estimate of drug-likeness (QED) is 0.443. The van der Waals surface area contributed by atoms with Crippen molar-refractivity contribution in [1.29, 1.82) is 0 Å². The fourth-order valence-corrected chi connectivity index (χ4v) is 3.87. The van der Waals surface area contributed by atoms with Crippen LogP contribution in [0.4, 0.5) is 0 Å². The van der Waals surface area contributed by atoms with Crippen LogP contribution in [0.3, 0.4) is 0 Å². The molecule has 3 rings (SSSR count). The number of carbonyl (C=O) groups excluding carboxylic acids is 1. The molecule has 0 N–H and O–H groups in total. The average molecular weight is 405 g/mol. The predicted molar refractivity (Wildman–Crippen MR) is 107 cm³/mol. The summed E-state index contributed by atoms with van der Waals surface area (Å²) >= 11 is 0. The van der Waals surface area contributed by atoms with Gasteiger partial charge in [-0.15, -0.1) is 0 Å². The van der Waals surface area contributed by atoms with Gasteiger partial charge < -0.3 is 14.0 Å². The first-order chi connectivity index (χ1) is 13.3. The summed E-state index contributed by atoms with van der Waals surface area (Å²) in [6, 6.07) is 9.53. The zero-order valence-electron chi connectivity index (χ0n) is 16.3. The van der Waals surface area contributed by atoms with Crippen molar-refractivity contribution in [2.45, 2.75) is 20.4 Å². The standard InChI is InChI=1S/C20H23NO6S/c1-5-26-20(22)18-13(2)21(10-11-27-28(4,23)24)19-15-9-7-6-8-14(15)17(25-3)12-16(18)19/h6-9,12H,5,10-11H2,1-4H3. The molecule has 0 aliphatic carbocycles. The van der Waals surface area contributed by atoms with Gasteiger partial charge in [0.1, 0.15) is 5.75 Å². The van der Waals surface area contributed by atoms with Crippen molar-refractivity contribution >= 4 is 37.8 Å². The number of nitrogens with zero attached hydrogens (tertiary/aromatic N) is 1. The predicted octanol–water partition coefficient (Wildman–Crippen LogP) is 3.26. The van der Waals surface area contributed by atoms with Gasteiger partial charge in [-0.2, -0.15) is 8.42 Å². The Hall–Kier alpha value is -2.58. The molecule has 0 saturated heterocycles. The van der Waals surface area contributed by atoms with E-state index in [4.69, 9.17) is 13.7 Å². The number of rotatable bonds is 7. The Bertz CT molecular complexity index is 1150. The molecule has 150 valence electrons. The van der Waals surface area contributed by atoms with E-state index in [1.165, 1.54) is 0 Å². The van der Waals surface area contributed by atoms with Crippen molar-refractivity contribution in [2.24, 2.45) is 0 Å². The summed E-state index contributed by atoms with van der Waals surface area (Å²) in [5.41, 5.74) is 1.94. The highest BCUT2D eigenvalue weighted by molar-refractivity contribution is 7.85. The molecule has 0 aliphatic heterocycles. The van der Waals surface area contributed by atoms with Gasteiger partial charge in [0, 0.05) is 28.4 Å². The number of methoxy groups -OCH3 is 1. The van der Waals surface area contributed by atoms with E-state index in [-0.39, 0.29) is 19.8 Å². The molecule has 0 spiro atoms. The minimum Gasteiger partial charge on any atom is -0.496 e. The Morgan fingerprint density at radius 3 is 2.43 bits per heavy atom. The van der Waals surface area contributed by atoms with Crippen molar-refractivity contribution in [2.75, 3.05) is 26.6 Å². The third-order valence-corrected chi connectivity index (χ3v) is 5.19. The lowest BCUT2D eigenvalue weighted by Gasteiger charge is -2.12. The highest BCUT2D eigenvalue weighted by Crippen LogP contribution is 2.38. The summed E-state index contributed by atoms with van der Waals surface area (Å²) in [4.78, 5) is 12.7. The van der Waals surface area contributed by atoms with Gasteiger partial charge in [-0.3, -0.25) is 4.18 Å². The molecule has 8 heteroatoms. The summed E-state index contributed by atoms with van der Waals surface area (Å²) in [5.74, 6) is 0.225. The second kappa shape index (κ2) is 7.81. The van der Waals surface area contributed by atoms with Crippen LogP contribution < -0.4 is 4.74 Å². The van der Waals surface area contributed by atoms with Gasteiger partial charge in [0.15, 0.2) is 0 Å². The molecule has 0 unspecified atom stereocenters. The third-order valence-electron chi connectivity index (χ3n) is 4.60. The van der Waals surface area contributed by atoms with E-state index in [1.807, 2.05) is 41.8 Å². The van der Waals surface area contributed by atoms with Crippen molar-refractivity contribution in [3.8, 4) is 5.75 Å². The van der Waals surface area contributed by atoms with E-state index >= 15 is 0 Å². The minimum absolute atomic E-state index is 0.0356. The van der Waals surface area contributed by atoms with E-state index in [1.54, 1.807) is 14.0 Å². The molecule has 0 aliphatic rings. The van der Waals surface area contributed by atoms with Crippen LogP contribution in [0.25, 0.3) is 21.7 Å². The monoisotopic (exact) mass is 405 g/mol. The highest BCUT2D eigenvalue weighted by Gasteiger charge is 2.24. The molecule has 0 saturated carbocycles. The summed E-state index contributed by atoms with van der Waals surface area (Å²) in [6.07, 6.45) is 1.01. The van der Waals surface area contributed by atoms with Crippen LogP contribution in [0.5, 0.6) is 5.75 Å². The smallest absolute Gasteiger partial charge is 0.340 e. The molecule has 1 heterocycles. The first kappa shape index (κ1) is 20.2. The molecule has 1 aromatic heterocycles. The van der Waals surface area contributed by atoms with Gasteiger partial charge in [0.2, 0.25) is 0 Å². The Balaban J connectivity index is 2.30. The zero-order chi connectivity index (χ0) is 20.5. The molecule has 2 aromatic carbocycles. The molecule has 28 heavy (non-hydrogen) atoms. The van der Waals surface area contributed by atoms with Gasteiger partial charge in [-0.1, -0.05) is 24.3 Å². The lowest BCUT2D eigenvalue weighted by atomic mass is 10.0. The SMILES string of the molecule is CCOC(=O)c1c(C)n(CCOS(C)(=O)=O)c2c1cc(OC)c1ccccc12. The lowest BCUT2D eigenvalue weighted by molar-refractivity contribution is 0.0527. The van der Waals surface area contributed by atoms with Crippen LogP contribution in [0.15, 0.2) is 30.3 Å². The number of hydrogen-bond acceptors (Lipinski definition) is 6. The maximum Gasteiger partial charge on any atom is 0.340 e. The number of carbonyl (C=O) groups is 1. The Morgan fingerprint density at radius 1 is 1.14 bits per heavy atom. The van der Waals surface area contributed by atoms with Crippen molar-refractivity contribution < 1.29 is 26.9 Å². The van der Waals surface area contributed by atoms with Crippen LogP contribution in [0.2, 0.25) is 0 Å². The fraction of sp³-hybridized carbons (Fsp3) is 0.350. The van der Waals surface area contributed by atoms with Crippen LogP contribution >= 0.6 is 0 Å². The first-order valence-corrected chi connectivity index (χ1v) is 10.7. The molecule has 0 fully saturated rings. The molecule has 7 nitrogen and oxygen atoms in total. The second-order valence-electron chi connectivity index (χ2n) is 6.38. The van der Waals surface area contributed by atoms with Crippen LogP contribution in [0.1, 0.15) is 23.0 Å². The first-order valence-electron chi connectivity index (χ1n) is 8.88. The lowest BCUT2D eigenvalue weighted by Crippen LogP contribution is -2.12. The second-order valence-corrected chi connectivity index (χ2v) is 8.02. The maximum absolute atomic E-state index is 12.7. The summed E-state index contributed by atoms with van der Waals surface area (Å²) in [7, 11) is -1.97. The van der Waals surface area contributed by atoms with Crippen molar-refractivity contribution in [3.63, 3.8) is 0 Å². The van der Waals surface area contributed by atoms with Gasteiger partial charge >= 0.3 is 5.97 Å². The number of fused-ring (bicyclic) bond motifs is 3. The van der Waals surface area contributed by atoms with E-state index < -0.39 is 16.1 Å². The Labute approximate surface area is 163 Å². The molecule has 0 atom stereocenters. The number of benzene rings is 2. The van der Waals surface area contributed by atoms with E-state index in [9.17, 15) is 13.2 Å². The van der Waals surface area contributed by atoms with E-state index in [2.05, 4.69) is 0 Å². The van der Waals surface area contributed by atoms with Gasteiger partial charge in [0.05, 0.1) is 37.7 Å². The summed E-state index contributed by atoms with van der Waals surface area (Å²) in [5, 5.41) is 2.50. The Kier molecular flexibility index (Phi) is 5.62. The molecule has 0 amide bonds. The maximum atomic E-state index is 12.7. The number of esters is 1. The molecule has 0 bridgehead atoms. The minimum atomic E-state index is -3.56.